The Labute approximate surface area is 234 Å². The monoisotopic (exact) mass is 560 g/mol. The Morgan fingerprint density at radius 3 is 2.65 bits per heavy atom. The molecule has 4 rings (SSSR count). The van der Waals surface area contributed by atoms with Gasteiger partial charge in [0.05, 0.1) is 32.7 Å². The molecule has 0 aliphatic rings. The van der Waals surface area contributed by atoms with Crippen molar-refractivity contribution in [2.75, 3.05) is 25.3 Å². The molecular weight excluding hydrogens is 532 g/mol. The molecule has 3 N–H and O–H groups in total. The number of methoxy groups -OCH3 is 2. The van der Waals surface area contributed by atoms with Gasteiger partial charge in [-0.2, -0.15) is 5.10 Å². The molecule has 4 aromatic rings. The van der Waals surface area contributed by atoms with Gasteiger partial charge in [0, 0.05) is 23.2 Å². The first-order chi connectivity index (χ1) is 19.5. The number of nitrogens with one attached hydrogen (secondary N) is 2. The lowest BCUT2D eigenvalue weighted by Gasteiger charge is -2.12. The molecule has 40 heavy (non-hydrogen) atoms. The average Bonchev–Trinajstić information content (AvgIpc) is 3.35. The van der Waals surface area contributed by atoms with Crippen LogP contribution in [0.2, 0.25) is 0 Å². The number of hydrogen-bond donors (Lipinski definition) is 3. The van der Waals surface area contributed by atoms with E-state index in [1.807, 2.05) is 28.8 Å². The number of rotatable bonds is 13. The number of amides is 1. The number of fused-ring (bicyclic) bond motifs is 1. The highest BCUT2D eigenvalue weighted by atomic mass is 32.2. The van der Waals surface area contributed by atoms with E-state index < -0.39 is 11.9 Å². The van der Waals surface area contributed by atoms with Crippen LogP contribution in [0.4, 0.5) is 5.69 Å². The minimum atomic E-state index is -1.22. The Bertz CT molecular complexity index is 1560. The molecule has 0 fully saturated rings. The molecule has 0 spiro atoms. The Hall–Kier alpha value is -4.84. The van der Waals surface area contributed by atoms with Gasteiger partial charge in [0.25, 0.3) is 5.91 Å². The van der Waals surface area contributed by atoms with Crippen LogP contribution in [-0.2, 0) is 17.9 Å². The third kappa shape index (κ3) is 6.41. The van der Waals surface area contributed by atoms with E-state index >= 15 is 0 Å². The first kappa shape index (κ1) is 28.2. The molecule has 0 radical (unpaired) electrons. The van der Waals surface area contributed by atoms with Crippen molar-refractivity contribution in [1.29, 1.82) is 0 Å². The molecule has 0 unspecified atom stereocenters. The molecule has 0 saturated carbocycles. The number of carboxylic acids is 1. The number of hydrazone groups is 1. The number of carbonyl (C=O) groups is 2. The van der Waals surface area contributed by atoms with Gasteiger partial charge in [0.15, 0.2) is 22.5 Å². The van der Waals surface area contributed by atoms with Crippen molar-refractivity contribution >= 4 is 46.3 Å². The lowest BCUT2D eigenvalue weighted by molar-refractivity contribution is -0.118. The number of aromatic nitrogens is 3. The zero-order valence-corrected chi connectivity index (χ0v) is 22.8. The van der Waals surface area contributed by atoms with E-state index in [1.54, 1.807) is 12.1 Å². The number of anilines is 1. The number of carbonyl (C=O) groups excluding carboxylic acids is 1. The minimum Gasteiger partial charge on any atom is -0.493 e. The molecule has 1 heterocycles. The highest BCUT2D eigenvalue weighted by Gasteiger charge is 2.20. The maximum absolute atomic E-state index is 12.5. The third-order valence-electron chi connectivity index (χ3n) is 5.85. The van der Waals surface area contributed by atoms with E-state index in [4.69, 9.17) is 9.47 Å². The molecule has 0 atom stereocenters. The summed E-state index contributed by atoms with van der Waals surface area (Å²) >= 11 is 1.20. The standard InChI is InChI=1S/C28H28N6O5S/c1-4-14-34-23(16-29-21-11-7-9-18-8-5-6-10-20(18)21)31-33-28(34)40-17-24(35)32-30-15-19-12-13-22(38-2)26(39-3)25(19)27(36)37/h4-13,15,29H,1,14,16-17H2,2-3H3,(H,32,35)(H,36,37)/b30-15+. The average molecular weight is 561 g/mol. The number of hydrogen-bond acceptors (Lipinski definition) is 9. The zero-order valence-electron chi connectivity index (χ0n) is 22.0. The zero-order chi connectivity index (χ0) is 28.5. The second-order valence-corrected chi connectivity index (χ2v) is 9.27. The van der Waals surface area contributed by atoms with Crippen LogP contribution in [0.5, 0.6) is 11.5 Å². The fourth-order valence-electron chi connectivity index (χ4n) is 4.03. The lowest BCUT2D eigenvalue weighted by atomic mass is 10.1. The molecule has 206 valence electrons. The highest BCUT2D eigenvalue weighted by Crippen LogP contribution is 2.33. The van der Waals surface area contributed by atoms with E-state index in [1.165, 1.54) is 38.3 Å². The molecular formula is C28H28N6O5S. The first-order valence-corrected chi connectivity index (χ1v) is 13.1. The molecule has 0 bridgehead atoms. The fourth-order valence-corrected chi connectivity index (χ4v) is 4.79. The van der Waals surface area contributed by atoms with Crippen LogP contribution in [0.25, 0.3) is 10.8 Å². The second kappa shape index (κ2) is 13.3. The van der Waals surface area contributed by atoms with Crippen LogP contribution >= 0.6 is 11.8 Å². The molecule has 11 nitrogen and oxygen atoms in total. The number of allylic oxidation sites excluding steroid dienone is 1. The van der Waals surface area contributed by atoms with Gasteiger partial charge in [0.1, 0.15) is 5.56 Å². The summed E-state index contributed by atoms with van der Waals surface area (Å²) in [5.74, 6) is -0.570. The number of benzene rings is 3. The number of thioether (sulfide) groups is 1. The number of nitrogens with zero attached hydrogens (tertiary/aromatic N) is 4. The molecule has 12 heteroatoms. The number of carboxylic acid groups (broad SMARTS) is 1. The van der Waals surface area contributed by atoms with Gasteiger partial charge in [-0.25, -0.2) is 10.2 Å². The summed E-state index contributed by atoms with van der Waals surface area (Å²) in [4.78, 5) is 24.2. The molecule has 3 aromatic carbocycles. The van der Waals surface area contributed by atoms with Crippen molar-refractivity contribution in [3.8, 4) is 11.5 Å². The van der Waals surface area contributed by atoms with Gasteiger partial charge in [-0.1, -0.05) is 54.2 Å². The first-order valence-electron chi connectivity index (χ1n) is 12.1. The quantitative estimate of drug-likeness (QED) is 0.0950. The van der Waals surface area contributed by atoms with E-state index in [9.17, 15) is 14.7 Å². The van der Waals surface area contributed by atoms with Crippen LogP contribution in [-0.4, -0.2) is 57.9 Å². The van der Waals surface area contributed by atoms with Crippen molar-refractivity contribution in [1.82, 2.24) is 20.2 Å². The number of ether oxygens (including phenoxy) is 2. The van der Waals surface area contributed by atoms with Crippen LogP contribution in [0.15, 0.2) is 77.5 Å². The van der Waals surface area contributed by atoms with Crippen molar-refractivity contribution in [3.05, 3.63) is 84.2 Å². The summed E-state index contributed by atoms with van der Waals surface area (Å²) in [5, 5.41) is 28.3. The van der Waals surface area contributed by atoms with Gasteiger partial charge in [0.2, 0.25) is 0 Å². The minimum absolute atomic E-state index is 0.0150. The van der Waals surface area contributed by atoms with Crippen molar-refractivity contribution in [2.45, 2.75) is 18.2 Å². The van der Waals surface area contributed by atoms with E-state index in [-0.39, 0.29) is 28.4 Å². The van der Waals surface area contributed by atoms with Crippen molar-refractivity contribution in [2.24, 2.45) is 5.10 Å². The smallest absolute Gasteiger partial charge is 0.340 e. The van der Waals surface area contributed by atoms with Gasteiger partial charge >= 0.3 is 5.97 Å². The summed E-state index contributed by atoms with van der Waals surface area (Å²) < 4.78 is 12.2. The molecule has 1 amide bonds. The summed E-state index contributed by atoms with van der Waals surface area (Å²) in [6.07, 6.45) is 2.98. The van der Waals surface area contributed by atoms with E-state index in [0.29, 0.717) is 24.1 Å². The second-order valence-electron chi connectivity index (χ2n) is 8.33. The summed E-state index contributed by atoms with van der Waals surface area (Å²) in [7, 11) is 2.76. The topological polar surface area (TPSA) is 140 Å². The van der Waals surface area contributed by atoms with Crippen LogP contribution in [0, 0.1) is 0 Å². The van der Waals surface area contributed by atoms with Crippen molar-refractivity contribution in [3.63, 3.8) is 0 Å². The van der Waals surface area contributed by atoms with Crippen LogP contribution in [0.3, 0.4) is 0 Å². The third-order valence-corrected chi connectivity index (χ3v) is 6.82. The number of aromatic carboxylic acids is 1. The van der Waals surface area contributed by atoms with Gasteiger partial charge in [-0.3, -0.25) is 4.79 Å². The Morgan fingerprint density at radius 2 is 1.90 bits per heavy atom. The predicted molar refractivity (Wildman–Crippen MR) is 154 cm³/mol. The Balaban J connectivity index is 1.39. The summed E-state index contributed by atoms with van der Waals surface area (Å²) in [5.41, 5.74) is 3.51. The molecule has 1 aromatic heterocycles. The van der Waals surface area contributed by atoms with Crippen LogP contribution in [0.1, 0.15) is 21.7 Å². The van der Waals surface area contributed by atoms with Crippen LogP contribution < -0.4 is 20.2 Å². The summed E-state index contributed by atoms with van der Waals surface area (Å²) in [6.45, 7) is 4.73. The highest BCUT2D eigenvalue weighted by molar-refractivity contribution is 7.99. The molecule has 0 aliphatic heterocycles. The fraction of sp³-hybridized carbons (Fsp3) is 0.179. The largest absolute Gasteiger partial charge is 0.493 e. The maximum Gasteiger partial charge on any atom is 0.340 e. The SMILES string of the molecule is C=CCn1c(CNc2cccc3ccccc23)nnc1SCC(=O)N/N=C/c1ccc(OC)c(OC)c1C(=O)O. The normalized spacial score (nSPS) is 10.9. The lowest BCUT2D eigenvalue weighted by Crippen LogP contribution is -2.20. The Morgan fingerprint density at radius 1 is 1.10 bits per heavy atom. The molecule has 0 saturated heterocycles. The van der Waals surface area contributed by atoms with Gasteiger partial charge in [-0.05, 0) is 23.6 Å². The van der Waals surface area contributed by atoms with Crippen molar-refractivity contribution < 1.29 is 24.2 Å². The maximum atomic E-state index is 12.5. The van der Waals surface area contributed by atoms with Gasteiger partial charge in [-0.15, -0.1) is 16.8 Å². The predicted octanol–water partition coefficient (Wildman–Crippen LogP) is 4.19. The van der Waals surface area contributed by atoms with E-state index in [0.717, 1.165) is 16.5 Å². The molecule has 0 aliphatic carbocycles. The van der Waals surface area contributed by atoms with Gasteiger partial charge < -0.3 is 24.5 Å². The Kier molecular flexibility index (Phi) is 9.36. The summed E-state index contributed by atoms with van der Waals surface area (Å²) in [6, 6.07) is 17.3. The van der Waals surface area contributed by atoms with E-state index in [2.05, 4.69) is 50.8 Å².